The molecule has 0 aliphatic rings. The van der Waals surface area contributed by atoms with Crippen molar-refractivity contribution in [1.29, 1.82) is 5.26 Å². The van der Waals surface area contributed by atoms with Gasteiger partial charge in [-0.1, -0.05) is 42.5 Å². The fraction of sp³-hybridized carbons (Fsp3) is 0.0556. The minimum atomic E-state index is -0.132. The van der Waals surface area contributed by atoms with Crippen LogP contribution in [0.2, 0.25) is 0 Å². The molecule has 0 amide bonds. The lowest BCUT2D eigenvalue weighted by Gasteiger charge is -2.07. The topological polar surface area (TPSA) is 79.0 Å². The summed E-state index contributed by atoms with van der Waals surface area (Å²) >= 11 is 0. The molecule has 0 bridgehead atoms. The highest BCUT2D eigenvalue weighted by Crippen LogP contribution is 2.27. The summed E-state index contributed by atoms with van der Waals surface area (Å²) in [4.78, 5) is 8.08. The summed E-state index contributed by atoms with van der Waals surface area (Å²) in [7, 11) is 0. The largest absolute Gasteiger partial charge is 0.493 e. The normalized spacial score (nSPS) is 10.0. The smallest absolute Gasteiger partial charge is 0.320 e. The number of rotatable bonds is 4. The van der Waals surface area contributed by atoms with E-state index in [0.29, 0.717) is 11.1 Å². The predicted molar refractivity (Wildman–Crippen MR) is 84.6 cm³/mol. The second kappa shape index (κ2) is 6.58. The van der Waals surface area contributed by atoms with Crippen molar-refractivity contribution < 1.29 is 9.84 Å². The van der Waals surface area contributed by atoms with Gasteiger partial charge in [-0.15, -0.1) is 0 Å². The molecular weight excluding hydrogens is 290 g/mol. The third-order valence-electron chi connectivity index (χ3n) is 3.26. The van der Waals surface area contributed by atoms with Gasteiger partial charge in [0.25, 0.3) is 0 Å². The van der Waals surface area contributed by atoms with Gasteiger partial charge in [0.15, 0.2) is 0 Å². The summed E-state index contributed by atoms with van der Waals surface area (Å²) < 4.78 is 5.47. The summed E-state index contributed by atoms with van der Waals surface area (Å²) in [6, 6.07) is 18.6. The van der Waals surface area contributed by atoms with Crippen molar-refractivity contribution in [3.8, 4) is 29.1 Å². The van der Waals surface area contributed by atoms with Crippen molar-refractivity contribution in [3.05, 3.63) is 71.9 Å². The van der Waals surface area contributed by atoms with Gasteiger partial charge >= 0.3 is 6.01 Å². The minimum absolute atomic E-state index is 0.0875. The van der Waals surface area contributed by atoms with Gasteiger partial charge in [-0.25, -0.2) is 4.98 Å². The molecule has 0 fully saturated rings. The summed E-state index contributed by atoms with van der Waals surface area (Å²) in [6.07, 6.45) is 1.53. The molecule has 2 aromatic carbocycles. The Kier molecular flexibility index (Phi) is 4.16. The lowest BCUT2D eigenvalue weighted by molar-refractivity contribution is 0.275. The van der Waals surface area contributed by atoms with E-state index in [9.17, 15) is 5.11 Å². The molecule has 0 spiro atoms. The first-order valence-electron chi connectivity index (χ1n) is 6.99. The number of nitriles is 1. The summed E-state index contributed by atoms with van der Waals surface area (Å²) in [5.41, 5.74) is 2.77. The maximum absolute atomic E-state index is 10.0. The first kappa shape index (κ1) is 14.5. The number of aromatic hydroxyl groups is 1. The fourth-order valence-corrected chi connectivity index (χ4v) is 2.13. The van der Waals surface area contributed by atoms with Gasteiger partial charge in [0, 0.05) is 6.20 Å². The standard InChI is InChI=1S/C18H13N3O2/c19-10-13-5-4-6-14(9-13)12-23-18-20-11-16(17(22)21-18)15-7-2-1-3-8-15/h1-9,11H,12H2,(H,20,21,22). The third-order valence-corrected chi connectivity index (χ3v) is 3.26. The zero-order valence-electron chi connectivity index (χ0n) is 12.2. The van der Waals surface area contributed by atoms with Crippen LogP contribution in [0.15, 0.2) is 60.8 Å². The van der Waals surface area contributed by atoms with Crippen LogP contribution in [0.5, 0.6) is 11.9 Å². The number of nitrogens with zero attached hydrogens (tertiary/aromatic N) is 3. The van der Waals surface area contributed by atoms with Gasteiger partial charge < -0.3 is 9.84 Å². The molecule has 5 nitrogen and oxygen atoms in total. The molecule has 3 rings (SSSR count). The number of benzene rings is 2. The van der Waals surface area contributed by atoms with Gasteiger partial charge in [0.1, 0.15) is 6.61 Å². The molecule has 1 heterocycles. The van der Waals surface area contributed by atoms with Gasteiger partial charge in [0.2, 0.25) is 5.88 Å². The Balaban J connectivity index is 1.75. The van der Waals surface area contributed by atoms with E-state index in [-0.39, 0.29) is 18.5 Å². The van der Waals surface area contributed by atoms with E-state index < -0.39 is 0 Å². The van der Waals surface area contributed by atoms with Crippen molar-refractivity contribution in [2.75, 3.05) is 0 Å². The van der Waals surface area contributed by atoms with E-state index in [2.05, 4.69) is 16.0 Å². The SMILES string of the molecule is N#Cc1cccc(COc2ncc(-c3ccccc3)c(O)n2)c1. The first-order valence-corrected chi connectivity index (χ1v) is 6.99. The van der Waals surface area contributed by atoms with E-state index in [0.717, 1.165) is 11.1 Å². The van der Waals surface area contributed by atoms with E-state index in [1.165, 1.54) is 6.20 Å². The second-order valence-corrected chi connectivity index (χ2v) is 4.86. The number of hydrogen-bond acceptors (Lipinski definition) is 5. The summed E-state index contributed by atoms with van der Waals surface area (Å²) in [5, 5.41) is 18.9. The van der Waals surface area contributed by atoms with E-state index in [4.69, 9.17) is 10.00 Å². The molecule has 0 aliphatic carbocycles. The highest BCUT2D eigenvalue weighted by molar-refractivity contribution is 5.67. The Labute approximate surface area is 133 Å². The lowest BCUT2D eigenvalue weighted by Crippen LogP contribution is -2.00. The Morgan fingerprint density at radius 1 is 1.09 bits per heavy atom. The van der Waals surface area contributed by atoms with Crippen LogP contribution in [0.1, 0.15) is 11.1 Å². The molecule has 23 heavy (non-hydrogen) atoms. The molecular formula is C18H13N3O2. The zero-order valence-corrected chi connectivity index (χ0v) is 12.2. The molecule has 0 radical (unpaired) electrons. The Morgan fingerprint density at radius 2 is 1.91 bits per heavy atom. The quantitative estimate of drug-likeness (QED) is 0.800. The second-order valence-electron chi connectivity index (χ2n) is 4.86. The monoisotopic (exact) mass is 303 g/mol. The Bertz CT molecular complexity index is 858. The number of aromatic nitrogens is 2. The number of hydrogen-bond donors (Lipinski definition) is 1. The van der Waals surface area contributed by atoms with Crippen LogP contribution in [-0.4, -0.2) is 15.1 Å². The average Bonchev–Trinajstić information content (AvgIpc) is 2.61. The van der Waals surface area contributed by atoms with Crippen molar-refractivity contribution in [3.63, 3.8) is 0 Å². The Morgan fingerprint density at radius 3 is 2.65 bits per heavy atom. The minimum Gasteiger partial charge on any atom is -0.493 e. The summed E-state index contributed by atoms with van der Waals surface area (Å²) in [6.45, 7) is 0.222. The van der Waals surface area contributed by atoms with Crippen molar-refractivity contribution >= 4 is 0 Å². The first-order chi connectivity index (χ1) is 11.3. The third kappa shape index (κ3) is 3.44. The molecule has 5 heteroatoms. The Hall–Kier alpha value is -3.39. The molecule has 0 aliphatic heterocycles. The maximum Gasteiger partial charge on any atom is 0.320 e. The van der Waals surface area contributed by atoms with Crippen LogP contribution in [-0.2, 0) is 6.61 Å². The van der Waals surface area contributed by atoms with Crippen molar-refractivity contribution in [2.24, 2.45) is 0 Å². The van der Waals surface area contributed by atoms with Crippen LogP contribution in [0.4, 0.5) is 0 Å². The van der Waals surface area contributed by atoms with Crippen LogP contribution in [0.25, 0.3) is 11.1 Å². The van der Waals surface area contributed by atoms with E-state index in [1.54, 1.807) is 18.2 Å². The van der Waals surface area contributed by atoms with Crippen LogP contribution < -0.4 is 4.74 Å². The van der Waals surface area contributed by atoms with Gasteiger partial charge in [-0.2, -0.15) is 10.2 Å². The predicted octanol–water partition coefficient (Wildman–Crippen LogP) is 3.30. The van der Waals surface area contributed by atoms with Crippen molar-refractivity contribution in [1.82, 2.24) is 9.97 Å². The lowest BCUT2D eigenvalue weighted by atomic mass is 10.1. The van der Waals surface area contributed by atoms with E-state index in [1.807, 2.05) is 36.4 Å². The highest BCUT2D eigenvalue weighted by Gasteiger charge is 2.09. The molecule has 0 saturated heterocycles. The van der Waals surface area contributed by atoms with Crippen LogP contribution >= 0.6 is 0 Å². The number of ether oxygens (including phenoxy) is 1. The maximum atomic E-state index is 10.0. The molecule has 1 N–H and O–H groups in total. The highest BCUT2D eigenvalue weighted by atomic mass is 16.5. The molecule has 1 aromatic heterocycles. The van der Waals surface area contributed by atoms with Gasteiger partial charge in [0.05, 0.1) is 17.2 Å². The zero-order chi connectivity index (χ0) is 16.1. The van der Waals surface area contributed by atoms with E-state index >= 15 is 0 Å². The van der Waals surface area contributed by atoms with Gasteiger partial charge in [-0.3, -0.25) is 0 Å². The summed E-state index contributed by atoms with van der Waals surface area (Å²) in [5.74, 6) is -0.132. The molecule has 0 unspecified atom stereocenters. The fourth-order valence-electron chi connectivity index (χ4n) is 2.13. The molecule has 112 valence electrons. The van der Waals surface area contributed by atoms with Crippen LogP contribution in [0.3, 0.4) is 0 Å². The van der Waals surface area contributed by atoms with Gasteiger partial charge in [-0.05, 0) is 23.3 Å². The average molecular weight is 303 g/mol. The molecule has 0 saturated carbocycles. The molecule has 0 atom stereocenters. The van der Waals surface area contributed by atoms with Crippen molar-refractivity contribution in [2.45, 2.75) is 6.61 Å². The molecule has 3 aromatic rings. The van der Waals surface area contributed by atoms with Crippen LogP contribution in [0, 0.1) is 11.3 Å².